The van der Waals surface area contributed by atoms with Crippen LogP contribution < -0.4 is 27.0 Å². The molecule has 0 saturated carbocycles. The van der Waals surface area contributed by atoms with E-state index in [1.54, 1.807) is 82.2 Å². The minimum absolute atomic E-state index is 0.0718. The molecule has 3 heterocycles. The van der Waals surface area contributed by atoms with Gasteiger partial charge in [0, 0.05) is 108 Å². The molecule has 3 saturated heterocycles. The number of likely N-dealkylation sites (N-methyl/N-ethyl adjacent to an activating group) is 2. The summed E-state index contributed by atoms with van der Waals surface area (Å²) < 4.78 is 46.4. The number of carboxylic acids is 1. The number of carbonyl (C=O) groups excluding carboxylic acids is 10. The van der Waals surface area contributed by atoms with Gasteiger partial charge in [-0.25, -0.2) is 18.0 Å². The topological polar surface area (TPSA) is 377 Å². The van der Waals surface area contributed by atoms with Gasteiger partial charge in [0.2, 0.25) is 39.6 Å². The molecular weight excluding hydrogens is 1430 g/mol. The molecule has 8 N–H and O–H groups in total. The molecule has 4 unspecified atom stereocenters. The van der Waals surface area contributed by atoms with E-state index in [9.17, 15) is 71.4 Å². The third-order valence-corrected chi connectivity index (χ3v) is 26.2. The van der Waals surface area contributed by atoms with Crippen LogP contribution in [0.3, 0.4) is 0 Å². The first kappa shape index (κ1) is 89.3. The summed E-state index contributed by atoms with van der Waals surface area (Å²) in [5.74, 6) is -8.96. The molecule has 3 aliphatic heterocycles. The van der Waals surface area contributed by atoms with Gasteiger partial charge < -0.3 is 66.1 Å². The molecule has 105 heavy (non-hydrogen) atoms. The fraction of sp³-hybridized carbons (Fsp3) is 0.689. The Morgan fingerprint density at radius 2 is 1.44 bits per heavy atom. The highest BCUT2D eigenvalue weighted by molar-refractivity contribution is 8.20. The number of Topliss-reactive ketones (excluding diaryl/α,β-unsaturated/α-hetero) is 3. The smallest absolute Gasteiger partial charge is 0.410 e. The third-order valence-electron chi connectivity index (χ3n) is 20.6. The lowest BCUT2D eigenvalue weighted by molar-refractivity contribution is -0.149. The Morgan fingerprint density at radius 1 is 0.781 bits per heavy atom. The molecule has 27 nitrogen and oxygen atoms in total. The highest BCUT2D eigenvalue weighted by Gasteiger charge is 2.48. The van der Waals surface area contributed by atoms with Gasteiger partial charge >= 0.3 is 18.1 Å². The van der Waals surface area contributed by atoms with Crippen molar-refractivity contribution in [1.82, 2.24) is 35.0 Å². The Kier molecular flexibility index (Phi) is 36.1. The van der Waals surface area contributed by atoms with Crippen LogP contribution in [0.1, 0.15) is 151 Å². The average molecular weight is 1550 g/mol. The van der Waals surface area contributed by atoms with Crippen molar-refractivity contribution in [2.75, 3.05) is 76.1 Å². The highest BCUT2D eigenvalue weighted by Crippen LogP contribution is 2.38. The maximum Gasteiger partial charge on any atom is 0.410 e. The lowest BCUT2D eigenvalue weighted by Crippen LogP contribution is -2.54. The van der Waals surface area contributed by atoms with Crippen molar-refractivity contribution in [3.63, 3.8) is 0 Å². The Balaban J connectivity index is 1.22. The van der Waals surface area contributed by atoms with Gasteiger partial charge in [-0.2, -0.15) is 16.1 Å². The number of sulfonamides is 1. The number of rotatable bonds is 43. The fourth-order valence-electron chi connectivity index (χ4n) is 14.4. The zero-order valence-corrected chi connectivity index (χ0v) is 66.9. The lowest BCUT2D eigenvalue weighted by atomic mass is 9.83. The summed E-state index contributed by atoms with van der Waals surface area (Å²) in [5, 5.41) is 30.0. The zero-order chi connectivity index (χ0) is 78.3. The Bertz CT molecular complexity index is 3370. The van der Waals surface area contributed by atoms with Gasteiger partial charge in [0.1, 0.15) is 28.9 Å². The van der Waals surface area contributed by atoms with Gasteiger partial charge in [-0.05, 0) is 91.2 Å². The predicted octanol–water partition coefficient (Wildman–Crippen LogP) is 7.37. The van der Waals surface area contributed by atoms with Gasteiger partial charge in [0.05, 0.1) is 54.7 Å². The van der Waals surface area contributed by atoms with E-state index in [4.69, 9.17) is 19.9 Å². The normalized spacial score (nSPS) is 20.9. The zero-order valence-electron chi connectivity index (χ0n) is 63.6. The van der Waals surface area contributed by atoms with Gasteiger partial charge in [0.25, 0.3) is 0 Å². The van der Waals surface area contributed by atoms with Crippen LogP contribution in [0, 0.1) is 47.3 Å². The number of benzene rings is 2. The summed E-state index contributed by atoms with van der Waals surface area (Å²) in [6.45, 7) is 18.3. The summed E-state index contributed by atoms with van der Waals surface area (Å²) in [6.07, 6.45) is 0.261. The number of thioether (sulfide) groups is 3. The molecule has 3 fully saturated rings. The Hall–Kier alpha value is -6.35. The molecule has 16 atom stereocenters. The molecule has 0 aliphatic carbocycles. The van der Waals surface area contributed by atoms with E-state index in [0.717, 1.165) is 33.4 Å². The van der Waals surface area contributed by atoms with Crippen LogP contribution in [0.25, 0.3) is 0 Å². The number of carbonyl (C=O) groups is 11. The number of hydrogen-bond donors (Lipinski definition) is 7. The molecule has 0 radical (unpaired) electrons. The van der Waals surface area contributed by atoms with Crippen molar-refractivity contribution in [3.05, 3.63) is 65.7 Å². The van der Waals surface area contributed by atoms with E-state index >= 15 is 0 Å². The standard InChI is InChI=1S/C74H115N9O18S4/c1-16-45(8)63(59(99-13)38-60(87)82-31-21-25-54(82)65(100-14)47(10)56(84)34-46(9)64(88)49-22-18-17-19-23-49)80(11)71(92)53(42(2)3)37-58(86)62(44(6)7)81(12)74(96)101-40-48-26-28-51(29-27-48)77-68(89)50(24-20-30-76-73(75)95)35-57(85)61(43(4)5)79-69(90)55-36-52(39-83(55)105(97,98)33-32-102-15)78-70(91)66-67(72(93)94)104-41-103-66/h17-19,22-23,26-29,42-47,50,52-55,59,61-67,88H,16,20-21,24-25,30-41H2,1-15H3,(H,77,89)(H,78,91)(H,79,90)(H,93,94)(H3,75,76,95)/t45?,46-,47-,50+,52-,53-,54-,55-,59?,61-,62-,63-,64+,65+,66?,67?/m0/s1. The summed E-state index contributed by atoms with van der Waals surface area (Å²) in [7, 11) is 2.10. The van der Waals surface area contributed by atoms with E-state index in [-0.39, 0.29) is 117 Å². The van der Waals surface area contributed by atoms with Crippen molar-refractivity contribution < 1.29 is 85.6 Å². The number of nitrogens with zero attached hydrogens (tertiary/aromatic N) is 4. The number of methoxy groups -OCH3 is 2. The number of amides is 8. The van der Waals surface area contributed by atoms with Crippen molar-refractivity contribution in [2.45, 2.75) is 205 Å². The van der Waals surface area contributed by atoms with Crippen LogP contribution in [-0.4, -0.2) is 232 Å². The number of ether oxygens (including phenoxy) is 3. The molecule has 5 rings (SSSR count). The van der Waals surface area contributed by atoms with Crippen LogP contribution in [-0.2, 0) is 74.0 Å². The molecule has 0 spiro atoms. The summed E-state index contributed by atoms with van der Waals surface area (Å²) >= 11 is 3.56. The molecule has 3 aliphatic rings. The number of hydrogen-bond acceptors (Lipinski definition) is 20. The number of likely N-dealkylation sites (tertiary alicyclic amines) is 1. The third kappa shape index (κ3) is 25.1. The largest absolute Gasteiger partial charge is 0.480 e. The number of nitrogens with two attached hydrogens (primary N) is 1. The van der Waals surface area contributed by atoms with Crippen molar-refractivity contribution in [3.8, 4) is 0 Å². The molecule has 0 bridgehead atoms. The van der Waals surface area contributed by atoms with Crippen molar-refractivity contribution in [1.29, 1.82) is 0 Å². The number of ketones is 3. The van der Waals surface area contributed by atoms with E-state index in [1.807, 2.05) is 71.9 Å². The van der Waals surface area contributed by atoms with Crippen molar-refractivity contribution in [2.24, 2.45) is 53.1 Å². The number of aliphatic hydroxyl groups is 1. The van der Waals surface area contributed by atoms with Gasteiger partial charge in [-0.3, -0.25) is 43.2 Å². The summed E-state index contributed by atoms with van der Waals surface area (Å²) in [5.41, 5.74) is 6.85. The monoisotopic (exact) mass is 1550 g/mol. The quantitative estimate of drug-likeness (QED) is 0.0318. The van der Waals surface area contributed by atoms with Crippen LogP contribution >= 0.6 is 35.3 Å². The van der Waals surface area contributed by atoms with E-state index < -0.39 is 146 Å². The molecule has 8 amide bonds. The number of aliphatic carboxylic acids is 1. The minimum Gasteiger partial charge on any atom is -0.480 e. The molecule has 31 heteroatoms. The Labute approximate surface area is 633 Å². The molecule has 588 valence electrons. The average Bonchev–Trinajstić information content (AvgIpc) is 1.69. The van der Waals surface area contributed by atoms with E-state index in [1.165, 1.54) is 30.8 Å². The number of carboxylic acid groups (broad SMARTS) is 1. The number of anilines is 1. The highest BCUT2D eigenvalue weighted by atomic mass is 32.2. The van der Waals surface area contributed by atoms with Crippen LogP contribution in [0.4, 0.5) is 15.3 Å². The van der Waals surface area contributed by atoms with E-state index in [2.05, 4.69) is 21.3 Å². The molecule has 0 aromatic heterocycles. The van der Waals surface area contributed by atoms with Crippen LogP contribution in [0.2, 0.25) is 0 Å². The minimum atomic E-state index is -4.08. The second-order valence-corrected chi connectivity index (χ2v) is 34.8. The SMILES string of the molecule is CCC(C)[C@@H](C(CC(=O)N1CCC[C@H]1[C@H](OC)[C@@H](C)C(=O)C[C@H](C)[C@@H](O)c1ccccc1)OC)N(C)C(=O)[C@@H](CC(=O)[C@H](C(C)C)N(C)C(=O)OCc1ccc(NC(=O)[C@H](CCCNC(N)=O)CC(=O)[C@@H](NC(=O)[C@@H]2C[C@H](NC(=O)C3SCSC3C(=O)O)CN2S(=O)(=O)CCSC)C(C)C)cc1)C(C)C. The predicted molar refractivity (Wildman–Crippen MR) is 407 cm³/mol. The van der Waals surface area contributed by atoms with E-state index in [0.29, 0.717) is 42.1 Å². The summed E-state index contributed by atoms with van der Waals surface area (Å²) in [6, 6.07) is 9.37. The second-order valence-electron chi connectivity index (χ2n) is 29.2. The van der Waals surface area contributed by atoms with Gasteiger partial charge in [-0.15, -0.1) is 23.5 Å². The first-order valence-corrected chi connectivity index (χ1v) is 41.4. The van der Waals surface area contributed by atoms with Gasteiger partial charge in [-0.1, -0.05) is 118 Å². The number of primary amides is 1. The number of aliphatic hydroxyl groups excluding tert-OH is 1. The first-order valence-electron chi connectivity index (χ1n) is 36.3. The maximum atomic E-state index is 14.9. The Morgan fingerprint density at radius 3 is 2.02 bits per heavy atom. The van der Waals surface area contributed by atoms with Crippen LogP contribution in [0.15, 0.2) is 54.6 Å². The lowest BCUT2D eigenvalue weighted by Gasteiger charge is -2.41. The second kappa shape index (κ2) is 42.4. The molecular formula is C74H115N9O18S4. The number of nitrogens with one attached hydrogen (secondary N) is 4. The van der Waals surface area contributed by atoms with Gasteiger partial charge in [0.15, 0.2) is 11.6 Å². The summed E-state index contributed by atoms with van der Waals surface area (Å²) in [4.78, 5) is 156. The van der Waals surface area contributed by atoms with Crippen LogP contribution in [0.5, 0.6) is 0 Å². The van der Waals surface area contributed by atoms with Crippen molar-refractivity contribution >= 4 is 116 Å². The molecule has 2 aromatic carbocycles. The fourth-order valence-corrected chi connectivity index (χ4v) is 20.0. The maximum absolute atomic E-state index is 14.9. The first-order chi connectivity index (χ1) is 49.5. The molecule has 2 aromatic rings. The number of urea groups is 1.